The van der Waals surface area contributed by atoms with Crippen LogP contribution in [0.2, 0.25) is 0 Å². The molecule has 0 aliphatic carbocycles. The van der Waals surface area contributed by atoms with Gasteiger partial charge in [-0.1, -0.05) is 171 Å². The molecule has 66 heavy (non-hydrogen) atoms. The van der Waals surface area contributed by atoms with Gasteiger partial charge in [-0.05, 0) is 45.2 Å². The largest absolute Gasteiger partial charge is 0.308 e. The molecule has 0 saturated carbocycles. The number of hydrogen-bond acceptors (Lipinski definition) is 3. The van der Waals surface area contributed by atoms with Crippen LogP contribution >= 0.6 is 0 Å². The Morgan fingerprint density at radius 2 is 0.621 bits per heavy atom. The molecule has 3 heterocycles. The van der Waals surface area contributed by atoms with Gasteiger partial charge in [-0.2, -0.15) is 9.97 Å². The summed E-state index contributed by atoms with van der Waals surface area (Å²) in [5.41, 5.74) is 25.3. The number of nitrogens with zero attached hydrogens (tertiary/aromatic N) is 5. The van der Waals surface area contributed by atoms with Gasteiger partial charge in [0.15, 0.2) is 11.6 Å². The molecule has 15 heteroatoms. The van der Waals surface area contributed by atoms with Gasteiger partial charge in [0.05, 0.1) is 11.0 Å². The molecule has 0 fully saturated rings. The second-order valence-electron chi connectivity index (χ2n) is 18.3. The molecule has 0 aliphatic rings. The van der Waals surface area contributed by atoms with Crippen LogP contribution in [-0.2, 0) is 0 Å². The first kappa shape index (κ1) is 41.7. The third-order valence-electron chi connectivity index (χ3n) is 15.0. The first-order chi connectivity index (χ1) is 31.9. The minimum atomic E-state index is 0.600. The lowest BCUT2D eigenvalue weighted by molar-refractivity contribution is 0.955. The summed E-state index contributed by atoms with van der Waals surface area (Å²) in [4.78, 5) is 16.1. The molecule has 0 radical (unpaired) electrons. The zero-order valence-corrected chi connectivity index (χ0v) is 39.5. The van der Waals surface area contributed by atoms with Crippen LogP contribution in [0.3, 0.4) is 0 Å². The molecule has 0 atom stereocenters. The van der Waals surface area contributed by atoms with E-state index in [2.05, 4.69) is 215 Å². The van der Waals surface area contributed by atoms with Crippen molar-refractivity contribution in [1.82, 2.24) is 24.1 Å². The van der Waals surface area contributed by atoms with Gasteiger partial charge in [0.1, 0.15) is 78.5 Å². The summed E-state index contributed by atoms with van der Waals surface area (Å²) in [5, 5.41) is 5.06. The molecule has 0 amide bonds. The van der Waals surface area contributed by atoms with Gasteiger partial charge in [0, 0.05) is 38.6 Å². The lowest BCUT2D eigenvalue weighted by Gasteiger charge is -2.17. The molecule has 3 aromatic heterocycles. The van der Waals surface area contributed by atoms with Crippen LogP contribution in [0.4, 0.5) is 0 Å². The number of rotatable bonds is 6. The van der Waals surface area contributed by atoms with E-state index in [1.165, 1.54) is 98.4 Å². The summed E-state index contributed by atoms with van der Waals surface area (Å²) in [6, 6.07) is 49.3. The quantitative estimate of drug-likeness (QED) is 0.159. The first-order valence-corrected chi connectivity index (χ1v) is 23.1. The van der Waals surface area contributed by atoms with Gasteiger partial charge < -0.3 is 4.57 Å². The van der Waals surface area contributed by atoms with Crippen molar-refractivity contribution in [3.05, 3.63) is 140 Å². The van der Waals surface area contributed by atoms with Crippen LogP contribution in [0.15, 0.2) is 140 Å². The third-order valence-corrected chi connectivity index (χ3v) is 15.0. The molecule has 11 aromatic rings. The third kappa shape index (κ3) is 6.26. The van der Waals surface area contributed by atoms with Gasteiger partial charge in [-0.25, -0.2) is 4.98 Å². The van der Waals surface area contributed by atoms with Gasteiger partial charge in [-0.3, -0.25) is 4.57 Å². The summed E-state index contributed by atoms with van der Waals surface area (Å²) >= 11 is 0. The standard InChI is InChI=1S/C51H43B10N5/c52-35-33-31-37(54)39(56)41(58)43(60)45(31)65(30-18-10-17-29(23-30)26-21-19-25(20-22-26)24-11-4-1-5-12-24)47(33)48-34(36(35)53)32-38(55)40(57)42(59)44(61)46(32)66(48)51-63-49(27-13-6-2-7-14-27)62-50(64-51)28-15-8-3-9-16-28/h1-23H,52-61H2. The van der Waals surface area contributed by atoms with Crippen LogP contribution in [0.1, 0.15) is 0 Å². The van der Waals surface area contributed by atoms with Crippen molar-refractivity contribution in [2.24, 2.45) is 0 Å². The van der Waals surface area contributed by atoms with Crippen molar-refractivity contribution >= 4 is 177 Å². The molecular weight excluding hydrogens is 791 g/mol. The topological polar surface area (TPSA) is 48.5 Å². The summed E-state index contributed by atoms with van der Waals surface area (Å²) < 4.78 is 4.98. The highest BCUT2D eigenvalue weighted by atomic mass is 15.2. The lowest BCUT2D eigenvalue weighted by atomic mass is 9.64. The smallest absolute Gasteiger partial charge is 0.238 e. The van der Waals surface area contributed by atoms with Crippen LogP contribution in [0, 0.1) is 0 Å². The molecule has 5 nitrogen and oxygen atoms in total. The highest BCUT2D eigenvalue weighted by molar-refractivity contribution is 6.71. The molecule has 302 valence electrons. The normalized spacial score (nSPS) is 11.6. The molecule has 0 bridgehead atoms. The fourth-order valence-corrected chi connectivity index (χ4v) is 10.7. The maximum Gasteiger partial charge on any atom is 0.238 e. The Labute approximate surface area is 395 Å². The van der Waals surface area contributed by atoms with E-state index in [1.807, 2.05) is 12.1 Å². The van der Waals surface area contributed by atoms with Crippen molar-refractivity contribution in [3.63, 3.8) is 0 Å². The van der Waals surface area contributed by atoms with E-state index in [-0.39, 0.29) is 0 Å². The number of benzene rings is 8. The molecule has 0 unspecified atom stereocenters. The molecule has 8 aromatic carbocycles. The highest BCUT2D eigenvalue weighted by Gasteiger charge is 2.30. The van der Waals surface area contributed by atoms with E-state index in [9.17, 15) is 0 Å². The van der Waals surface area contributed by atoms with E-state index in [1.54, 1.807) is 0 Å². The Balaban J connectivity index is 1.34. The minimum absolute atomic E-state index is 0.600. The fraction of sp³-hybridized carbons (Fsp3) is 0. The second-order valence-corrected chi connectivity index (χ2v) is 18.3. The Bertz CT molecular complexity index is 3740. The van der Waals surface area contributed by atoms with E-state index in [0.717, 1.165) is 38.9 Å². The fourth-order valence-electron chi connectivity index (χ4n) is 10.7. The van der Waals surface area contributed by atoms with E-state index >= 15 is 0 Å². The molecule has 0 aliphatic heterocycles. The number of fused-ring (bicyclic) bond motifs is 7. The van der Waals surface area contributed by atoms with Crippen molar-refractivity contribution in [1.29, 1.82) is 0 Å². The predicted molar refractivity (Wildman–Crippen MR) is 312 cm³/mol. The molecule has 0 spiro atoms. The SMILES string of the molecule is Bc1c(B)c(B)c2c(c1B)c1c(B)c(B)c3c4c(B)c(B)c(B)c(B)c4n(-c4nc(-c5ccccc5)nc(-c5ccccc5)n4)c3c1n2-c1cccc(-c2ccc(-c3ccccc3)cc2)c1. The molecule has 11 rings (SSSR count). The highest BCUT2D eigenvalue weighted by Crippen LogP contribution is 2.39. The van der Waals surface area contributed by atoms with Crippen LogP contribution in [-0.4, -0.2) is 103 Å². The lowest BCUT2D eigenvalue weighted by Crippen LogP contribution is -2.48. The molecular formula is C51H43B10N5. The Kier molecular flexibility index (Phi) is 10.0. The zero-order valence-electron chi connectivity index (χ0n) is 39.5. The molecule has 0 saturated heterocycles. The minimum Gasteiger partial charge on any atom is -0.308 e. The monoisotopic (exact) mass is 835 g/mol. The summed E-state index contributed by atoms with van der Waals surface area (Å²) in [5.74, 6) is 1.87. The van der Waals surface area contributed by atoms with Crippen LogP contribution in [0.5, 0.6) is 0 Å². The Morgan fingerprint density at radius 1 is 0.273 bits per heavy atom. The van der Waals surface area contributed by atoms with Crippen molar-refractivity contribution in [2.45, 2.75) is 0 Å². The van der Waals surface area contributed by atoms with Gasteiger partial charge in [-0.15, -0.1) is 10.9 Å². The number of aromatic nitrogens is 5. The second kappa shape index (κ2) is 15.9. The summed E-state index contributed by atoms with van der Waals surface area (Å²) in [6.45, 7) is 0. The molecule has 0 N–H and O–H groups in total. The van der Waals surface area contributed by atoms with E-state index in [0.29, 0.717) is 17.6 Å². The van der Waals surface area contributed by atoms with E-state index < -0.39 is 0 Å². The Hall–Kier alpha value is -6.98. The van der Waals surface area contributed by atoms with E-state index in [4.69, 9.17) is 15.0 Å². The van der Waals surface area contributed by atoms with Crippen LogP contribution < -0.4 is 54.6 Å². The zero-order chi connectivity index (χ0) is 45.7. The maximum atomic E-state index is 5.49. The summed E-state index contributed by atoms with van der Waals surface area (Å²) in [6.07, 6.45) is 0. The average Bonchev–Trinajstić information content (AvgIpc) is 3.91. The van der Waals surface area contributed by atoms with Crippen molar-refractivity contribution in [2.75, 3.05) is 0 Å². The number of hydrogen-bond donors (Lipinski definition) is 0. The van der Waals surface area contributed by atoms with Gasteiger partial charge in [0.25, 0.3) is 0 Å². The van der Waals surface area contributed by atoms with Gasteiger partial charge in [0.2, 0.25) is 5.95 Å². The average molecular weight is 834 g/mol. The van der Waals surface area contributed by atoms with Crippen molar-refractivity contribution < 1.29 is 0 Å². The van der Waals surface area contributed by atoms with Crippen LogP contribution in [0.25, 0.3) is 100 Å². The summed E-state index contributed by atoms with van der Waals surface area (Å²) in [7, 11) is 23.0. The first-order valence-electron chi connectivity index (χ1n) is 23.1. The van der Waals surface area contributed by atoms with Gasteiger partial charge >= 0.3 is 0 Å². The maximum absolute atomic E-state index is 5.49. The Morgan fingerprint density at radius 3 is 1.11 bits per heavy atom. The van der Waals surface area contributed by atoms with Crippen molar-refractivity contribution in [3.8, 4) is 56.7 Å². The predicted octanol–water partition coefficient (Wildman–Crippen LogP) is -4.68.